The van der Waals surface area contributed by atoms with E-state index in [0.717, 1.165) is 56.9 Å². The number of nitrogens with zero attached hydrogens (tertiary/aromatic N) is 4. The quantitative estimate of drug-likeness (QED) is 0.714. The van der Waals surface area contributed by atoms with Crippen molar-refractivity contribution >= 4 is 16.7 Å². The molecule has 1 saturated heterocycles. The first-order valence-electron chi connectivity index (χ1n) is 7.15. The molecule has 19 heavy (non-hydrogen) atoms. The monoisotopic (exact) mass is 284 g/mol. The fourth-order valence-corrected chi connectivity index (χ4v) is 2.85. The molecule has 2 rings (SSSR count). The largest absolute Gasteiger partial charge is 0.380 e. The zero-order valence-corrected chi connectivity index (χ0v) is 12.8. The van der Waals surface area contributed by atoms with Crippen molar-refractivity contribution in [2.75, 3.05) is 50.8 Å². The number of ether oxygens (including phenoxy) is 1. The van der Waals surface area contributed by atoms with Crippen LogP contribution in [0.15, 0.2) is 0 Å². The van der Waals surface area contributed by atoms with E-state index in [1.54, 1.807) is 0 Å². The van der Waals surface area contributed by atoms with E-state index in [9.17, 15) is 0 Å². The minimum Gasteiger partial charge on any atom is -0.380 e. The Balaban J connectivity index is 1.62. The predicted molar refractivity (Wildman–Crippen MR) is 79.0 cm³/mol. The summed E-state index contributed by atoms with van der Waals surface area (Å²) in [5.74, 6) is 0.881. The predicted octanol–water partition coefficient (Wildman–Crippen LogP) is 1.79. The lowest BCUT2D eigenvalue weighted by Crippen LogP contribution is -2.47. The van der Waals surface area contributed by atoms with Gasteiger partial charge in [-0.05, 0) is 13.3 Å². The molecule has 1 aliphatic heterocycles. The van der Waals surface area contributed by atoms with E-state index in [1.165, 1.54) is 24.4 Å². The lowest BCUT2D eigenvalue weighted by atomic mass is 10.3. The summed E-state index contributed by atoms with van der Waals surface area (Å²) in [6, 6.07) is 0. The fourth-order valence-electron chi connectivity index (χ4n) is 2.12. The number of hydrogen-bond acceptors (Lipinski definition) is 6. The number of aryl methyl sites for hydroxylation is 1. The lowest BCUT2D eigenvalue weighted by Gasteiger charge is -2.34. The van der Waals surface area contributed by atoms with Crippen LogP contribution in [0.25, 0.3) is 0 Å². The second-order valence-electron chi connectivity index (χ2n) is 4.92. The number of piperazine rings is 1. The number of rotatable bonds is 7. The molecular formula is C13H24N4OS. The smallest absolute Gasteiger partial charge is 0.205 e. The summed E-state index contributed by atoms with van der Waals surface area (Å²) in [5.41, 5.74) is 0. The number of hydrogen-bond donors (Lipinski definition) is 0. The third-order valence-electron chi connectivity index (χ3n) is 3.35. The molecule has 0 aliphatic carbocycles. The van der Waals surface area contributed by atoms with Crippen molar-refractivity contribution in [3.63, 3.8) is 0 Å². The lowest BCUT2D eigenvalue weighted by molar-refractivity contribution is 0.0994. The molecule has 0 N–H and O–H groups in total. The Bertz CT molecular complexity index is 363. The molecule has 108 valence electrons. The third-order valence-corrected chi connectivity index (χ3v) is 4.22. The van der Waals surface area contributed by atoms with E-state index < -0.39 is 0 Å². The van der Waals surface area contributed by atoms with Crippen molar-refractivity contribution in [3.8, 4) is 0 Å². The first-order valence-corrected chi connectivity index (χ1v) is 7.92. The van der Waals surface area contributed by atoms with Crippen molar-refractivity contribution < 1.29 is 4.74 Å². The van der Waals surface area contributed by atoms with Crippen LogP contribution in [0.4, 0.5) is 5.13 Å². The molecule has 0 bridgehead atoms. The van der Waals surface area contributed by atoms with Gasteiger partial charge in [0.15, 0.2) is 0 Å². The fraction of sp³-hybridized carbons (Fsp3) is 0.846. The van der Waals surface area contributed by atoms with Crippen LogP contribution in [0.1, 0.15) is 25.6 Å². The summed E-state index contributed by atoms with van der Waals surface area (Å²) in [4.78, 5) is 9.25. The van der Waals surface area contributed by atoms with Crippen molar-refractivity contribution in [2.24, 2.45) is 0 Å². The Morgan fingerprint density at radius 2 is 2.00 bits per heavy atom. The van der Waals surface area contributed by atoms with E-state index in [2.05, 4.69) is 26.1 Å². The van der Waals surface area contributed by atoms with E-state index in [0.29, 0.717) is 0 Å². The van der Waals surface area contributed by atoms with Crippen LogP contribution in [0, 0.1) is 6.92 Å². The van der Waals surface area contributed by atoms with Gasteiger partial charge in [-0.25, -0.2) is 4.98 Å². The minimum absolute atomic E-state index is 0.859. The highest BCUT2D eigenvalue weighted by molar-refractivity contribution is 7.09. The SMILES string of the molecule is CCCCOCCN1CCN(c2nc(C)ns2)CC1. The summed E-state index contributed by atoms with van der Waals surface area (Å²) in [6.07, 6.45) is 2.38. The van der Waals surface area contributed by atoms with E-state index in [-0.39, 0.29) is 0 Å². The van der Waals surface area contributed by atoms with Gasteiger partial charge in [-0.3, -0.25) is 4.90 Å². The van der Waals surface area contributed by atoms with Crippen LogP contribution in [0.2, 0.25) is 0 Å². The summed E-state index contributed by atoms with van der Waals surface area (Å²) in [6.45, 7) is 11.2. The van der Waals surface area contributed by atoms with E-state index >= 15 is 0 Å². The number of unbranched alkanes of at least 4 members (excludes halogenated alkanes) is 1. The summed E-state index contributed by atoms with van der Waals surface area (Å²) in [7, 11) is 0. The molecular weight excluding hydrogens is 260 g/mol. The van der Waals surface area contributed by atoms with Crippen LogP contribution in [0.5, 0.6) is 0 Å². The molecule has 0 saturated carbocycles. The highest BCUT2D eigenvalue weighted by Gasteiger charge is 2.19. The first-order chi connectivity index (χ1) is 9.29. The Hall–Kier alpha value is -0.720. The van der Waals surface area contributed by atoms with Crippen LogP contribution < -0.4 is 4.90 Å². The molecule has 2 heterocycles. The molecule has 1 aromatic heterocycles. The third kappa shape index (κ3) is 4.71. The maximum absolute atomic E-state index is 5.62. The molecule has 1 fully saturated rings. The Morgan fingerprint density at radius 3 is 2.63 bits per heavy atom. The first kappa shape index (κ1) is 14.7. The van der Waals surface area contributed by atoms with E-state index in [1.807, 2.05) is 6.92 Å². The Labute approximate surface area is 119 Å². The van der Waals surface area contributed by atoms with Gasteiger partial charge in [0.1, 0.15) is 5.82 Å². The maximum Gasteiger partial charge on any atom is 0.205 e. The van der Waals surface area contributed by atoms with Gasteiger partial charge in [0.2, 0.25) is 5.13 Å². The average Bonchev–Trinajstić information content (AvgIpc) is 2.86. The van der Waals surface area contributed by atoms with Crippen LogP contribution in [-0.4, -0.2) is 60.2 Å². The van der Waals surface area contributed by atoms with Crippen molar-refractivity contribution in [1.82, 2.24) is 14.3 Å². The molecule has 0 radical (unpaired) electrons. The van der Waals surface area contributed by atoms with Crippen molar-refractivity contribution in [3.05, 3.63) is 5.82 Å². The topological polar surface area (TPSA) is 41.5 Å². The summed E-state index contributed by atoms with van der Waals surface area (Å²) < 4.78 is 9.86. The second kappa shape index (κ2) is 7.77. The number of anilines is 1. The minimum atomic E-state index is 0.859. The standard InChI is InChI=1S/C13H24N4OS/c1-3-4-10-18-11-9-16-5-7-17(8-6-16)13-14-12(2)15-19-13/h3-11H2,1-2H3. The van der Waals surface area contributed by atoms with Crippen LogP contribution >= 0.6 is 11.5 Å². The molecule has 1 aromatic rings. The van der Waals surface area contributed by atoms with E-state index in [4.69, 9.17) is 4.74 Å². The van der Waals surface area contributed by atoms with Gasteiger partial charge in [0.05, 0.1) is 6.61 Å². The van der Waals surface area contributed by atoms with Crippen LogP contribution in [-0.2, 0) is 4.74 Å². The molecule has 0 aromatic carbocycles. The van der Waals surface area contributed by atoms with Gasteiger partial charge in [-0.2, -0.15) is 4.37 Å². The molecule has 5 nitrogen and oxygen atoms in total. The maximum atomic E-state index is 5.62. The van der Waals surface area contributed by atoms with Gasteiger partial charge >= 0.3 is 0 Å². The normalized spacial score (nSPS) is 17.1. The highest BCUT2D eigenvalue weighted by Crippen LogP contribution is 2.18. The van der Waals surface area contributed by atoms with Gasteiger partial charge in [0, 0.05) is 50.9 Å². The molecule has 0 unspecified atom stereocenters. The van der Waals surface area contributed by atoms with Gasteiger partial charge in [0.25, 0.3) is 0 Å². The Morgan fingerprint density at radius 1 is 1.21 bits per heavy atom. The molecule has 0 spiro atoms. The highest BCUT2D eigenvalue weighted by atomic mass is 32.1. The van der Waals surface area contributed by atoms with Crippen molar-refractivity contribution in [1.29, 1.82) is 0 Å². The Kier molecular flexibility index (Phi) is 6.00. The molecule has 0 amide bonds. The van der Waals surface area contributed by atoms with Gasteiger partial charge < -0.3 is 9.64 Å². The average molecular weight is 284 g/mol. The van der Waals surface area contributed by atoms with Crippen LogP contribution in [0.3, 0.4) is 0 Å². The van der Waals surface area contributed by atoms with Gasteiger partial charge in [-0.15, -0.1) is 0 Å². The molecule has 1 aliphatic rings. The number of aromatic nitrogens is 2. The summed E-state index contributed by atoms with van der Waals surface area (Å²) >= 11 is 1.51. The second-order valence-corrected chi connectivity index (χ2v) is 5.65. The van der Waals surface area contributed by atoms with Crippen molar-refractivity contribution in [2.45, 2.75) is 26.7 Å². The molecule has 6 heteroatoms. The van der Waals surface area contributed by atoms with Gasteiger partial charge in [-0.1, -0.05) is 13.3 Å². The zero-order chi connectivity index (χ0) is 13.5. The zero-order valence-electron chi connectivity index (χ0n) is 12.0. The molecule has 0 atom stereocenters. The summed E-state index contributed by atoms with van der Waals surface area (Å²) in [5, 5.41) is 1.07.